The molecular weight excluding hydrogens is 490 g/mol. The van der Waals surface area contributed by atoms with Crippen LogP contribution in [0.2, 0.25) is 5.02 Å². The summed E-state index contributed by atoms with van der Waals surface area (Å²) in [7, 11) is 0. The summed E-state index contributed by atoms with van der Waals surface area (Å²) in [6.45, 7) is 0.993. The Morgan fingerprint density at radius 3 is 2.56 bits per heavy atom. The second-order valence-electron chi connectivity index (χ2n) is 8.25. The highest BCUT2D eigenvalue weighted by Crippen LogP contribution is 2.33. The quantitative estimate of drug-likeness (QED) is 0.343. The van der Waals surface area contributed by atoms with Crippen molar-refractivity contribution in [2.45, 2.75) is 56.7 Å². The molecule has 3 heterocycles. The summed E-state index contributed by atoms with van der Waals surface area (Å²) in [5, 5.41) is 0.697. The number of pyridine rings is 1. The summed E-state index contributed by atoms with van der Waals surface area (Å²) >= 11 is 5.99. The zero-order valence-corrected chi connectivity index (χ0v) is 20.0. The van der Waals surface area contributed by atoms with Crippen LogP contribution in [0.1, 0.15) is 36.1 Å². The summed E-state index contributed by atoms with van der Waals surface area (Å²) < 4.78 is 52.6. The summed E-state index contributed by atoms with van der Waals surface area (Å²) in [6.07, 6.45) is 5.25. The van der Waals surface area contributed by atoms with E-state index in [0.717, 1.165) is 37.1 Å². The van der Waals surface area contributed by atoms with Crippen molar-refractivity contribution in [3.8, 4) is 0 Å². The minimum atomic E-state index is -4.37. The van der Waals surface area contributed by atoms with E-state index in [1.54, 1.807) is 12.5 Å². The number of ether oxygens (including phenoxy) is 2. The zero-order chi connectivity index (χ0) is 23.3. The molecule has 1 fully saturated rings. The predicted octanol–water partition coefficient (Wildman–Crippen LogP) is 6.14. The maximum atomic E-state index is 12.7. The van der Waals surface area contributed by atoms with Crippen molar-refractivity contribution < 1.29 is 22.6 Å². The van der Waals surface area contributed by atoms with Crippen LogP contribution in [-0.2, 0) is 35.0 Å². The Kier molecular flexibility index (Phi) is 8.98. The molecule has 0 amide bonds. The molecule has 1 aliphatic heterocycles. The minimum absolute atomic E-state index is 0. The third-order valence-electron chi connectivity index (χ3n) is 5.72. The fourth-order valence-electron chi connectivity index (χ4n) is 3.95. The molecule has 1 aliphatic rings. The largest absolute Gasteiger partial charge is 0.417 e. The third-order valence-corrected chi connectivity index (χ3v) is 5.97. The van der Waals surface area contributed by atoms with Gasteiger partial charge in [-0.1, -0.05) is 23.7 Å². The molecule has 184 valence electrons. The van der Waals surface area contributed by atoms with E-state index in [2.05, 4.69) is 9.97 Å². The van der Waals surface area contributed by atoms with Gasteiger partial charge in [0.2, 0.25) is 0 Å². The molecule has 1 aromatic carbocycles. The highest BCUT2D eigenvalue weighted by atomic mass is 35.5. The molecule has 0 aliphatic carbocycles. The van der Waals surface area contributed by atoms with Crippen molar-refractivity contribution in [2.75, 3.05) is 6.61 Å². The topological polar surface area (TPSA) is 49.2 Å². The SMILES string of the molecule is Cl.FC(F)(F)c1ccc(CCC[C@H]2CO[C@@](CCc3ccc(Cl)cc3)(Cn3ccnc3)O2)nc1. The van der Waals surface area contributed by atoms with Crippen LogP contribution in [0.5, 0.6) is 0 Å². The molecule has 0 bridgehead atoms. The lowest BCUT2D eigenvalue weighted by molar-refractivity contribution is -0.182. The van der Waals surface area contributed by atoms with Gasteiger partial charge < -0.3 is 14.0 Å². The number of benzene rings is 1. The monoisotopic (exact) mass is 515 g/mol. The summed E-state index contributed by atoms with van der Waals surface area (Å²) in [5.41, 5.74) is 1.05. The zero-order valence-electron chi connectivity index (χ0n) is 18.4. The van der Waals surface area contributed by atoms with Crippen molar-refractivity contribution in [3.05, 3.63) is 83.2 Å². The van der Waals surface area contributed by atoms with Crippen LogP contribution in [0.25, 0.3) is 0 Å². The number of rotatable bonds is 9. The van der Waals surface area contributed by atoms with Crippen LogP contribution < -0.4 is 0 Å². The van der Waals surface area contributed by atoms with Crippen LogP contribution in [0.3, 0.4) is 0 Å². The molecule has 0 N–H and O–H groups in total. The smallest absolute Gasteiger partial charge is 0.345 e. The fraction of sp³-hybridized carbons (Fsp3) is 0.417. The molecular formula is C24H26Cl2F3N3O2. The van der Waals surface area contributed by atoms with Gasteiger partial charge in [0.05, 0.1) is 31.1 Å². The highest BCUT2D eigenvalue weighted by molar-refractivity contribution is 6.30. The molecule has 34 heavy (non-hydrogen) atoms. The van der Waals surface area contributed by atoms with Crippen molar-refractivity contribution in [1.82, 2.24) is 14.5 Å². The van der Waals surface area contributed by atoms with E-state index in [4.69, 9.17) is 21.1 Å². The molecule has 4 rings (SSSR count). The van der Waals surface area contributed by atoms with Crippen LogP contribution in [0.15, 0.2) is 61.3 Å². The van der Waals surface area contributed by atoms with Gasteiger partial charge in [-0.15, -0.1) is 12.4 Å². The Labute approximate surface area is 207 Å². The number of hydrogen-bond acceptors (Lipinski definition) is 4. The summed E-state index contributed by atoms with van der Waals surface area (Å²) in [6, 6.07) is 10.2. The number of aryl methyl sites for hydroxylation is 2. The average molecular weight is 516 g/mol. The molecule has 0 spiro atoms. The normalized spacial score (nSPS) is 20.3. The van der Waals surface area contributed by atoms with Crippen LogP contribution in [0, 0.1) is 0 Å². The number of imidazole rings is 1. The highest BCUT2D eigenvalue weighted by Gasteiger charge is 2.41. The molecule has 3 aromatic rings. The number of alkyl halides is 3. The van der Waals surface area contributed by atoms with E-state index in [9.17, 15) is 13.2 Å². The number of hydrogen-bond donors (Lipinski definition) is 0. The van der Waals surface area contributed by atoms with Gasteiger partial charge >= 0.3 is 6.18 Å². The van der Waals surface area contributed by atoms with Gasteiger partial charge in [-0.05, 0) is 55.5 Å². The Morgan fingerprint density at radius 2 is 1.91 bits per heavy atom. The van der Waals surface area contributed by atoms with Crippen molar-refractivity contribution in [1.29, 1.82) is 0 Å². The van der Waals surface area contributed by atoms with Crippen LogP contribution in [-0.4, -0.2) is 33.0 Å². The Morgan fingerprint density at radius 1 is 1.12 bits per heavy atom. The Bertz CT molecular complexity index is 1020. The van der Waals surface area contributed by atoms with Crippen molar-refractivity contribution >= 4 is 24.0 Å². The second kappa shape index (κ2) is 11.5. The van der Waals surface area contributed by atoms with Gasteiger partial charge in [0.25, 0.3) is 0 Å². The molecule has 0 unspecified atom stereocenters. The van der Waals surface area contributed by atoms with Gasteiger partial charge in [0.15, 0.2) is 5.79 Å². The number of aromatic nitrogens is 3. The van der Waals surface area contributed by atoms with E-state index in [0.29, 0.717) is 36.7 Å². The standard InChI is InChI=1S/C24H25ClF3N3O2.ClH/c25-20-7-4-18(5-8-20)10-11-23(16-31-13-12-29-17-31)32-15-22(33-23)3-1-2-21-9-6-19(14-30-21)24(26,27)28;/h4-9,12-14,17,22H,1-3,10-11,15-16H2;1H/t22-,23+;/m0./s1. The maximum absolute atomic E-state index is 12.7. The molecule has 2 aromatic heterocycles. The maximum Gasteiger partial charge on any atom is 0.417 e. The third kappa shape index (κ3) is 7.18. The van der Waals surface area contributed by atoms with E-state index >= 15 is 0 Å². The van der Waals surface area contributed by atoms with Crippen molar-refractivity contribution in [3.63, 3.8) is 0 Å². The first-order valence-corrected chi connectivity index (χ1v) is 11.2. The Hall–Kier alpha value is -2.13. The first-order valence-electron chi connectivity index (χ1n) is 10.9. The predicted molar refractivity (Wildman–Crippen MR) is 125 cm³/mol. The van der Waals surface area contributed by atoms with Gasteiger partial charge in [0, 0.05) is 35.7 Å². The van der Waals surface area contributed by atoms with E-state index in [1.165, 1.54) is 6.07 Å². The molecule has 10 heteroatoms. The van der Waals surface area contributed by atoms with Gasteiger partial charge in [-0.3, -0.25) is 4.98 Å². The lowest BCUT2D eigenvalue weighted by atomic mass is 10.0. The summed E-state index contributed by atoms with van der Waals surface area (Å²) in [5.74, 6) is -0.766. The summed E-state index contributed by atoms with van der Waals surface area (Å²) in [4.78, 5) is 8.05. The average Bonchev–Trinajstić information content (AvgIpc) is 3.44. The first-order chi connectivity index (χ1) is 15.8. The van der Waals surface area contributed by atoms with E-state index < -0.39 is 17.5 Å². The van der Waals surface area contributed by atoms with Gasteiger partial charge in [0.1, 0.15) is 0 Å². The van der Waals surface area contributed by atoms with Crippen LogP contribution >= 0.6 is 24.0 Å². The molecule has 0 saturated carbocycles. The molecule has 5 nitrogen and oxygen atoms in total. The van der Waals surface area contributed by atoms with Crippen LogP contribution in [0.4, 0.5) is 13.2 Å². The van der Waals surface area contributed by atoms with Gasteiger partial charge in [-0.2, -0.15) is 13.2 Å². The van der Waals surface area contributed by atoms with E-state index in [-0.39, 0.29) is 18.5 Å². The lowest BCUT2D eigenvalue weighted by Gasteiger charge is -2.28. The van der Waals surface area contributed by atoms with E-state index in [1.807, 2.05) is 35.0 Å². The van der Waals surface area contributed by atoms with Gasteiger partial charge in [-0.25, -0.2) is 4.98 Å². The Balaban J connectivity index is 0.00000324. The first kappa shape index (κ1) is 26.5. The minimum Gasteiger partial charge on any atom is -0.345 e. The number of halogens is 5. The molecule has 2 atom stereocenters. The van der Waals surface area contributed by atoms with Crippen molar-refractivity contribution in [2.24, 2.45) is 0 Å². The molecule has 0 radical (unpaired) electrons. The fourth-order valence-corrected chi connectivity index (χ4v) is 4.07. The molecule has 1 saturated heterocycles. The number of nitrogens with zero attached hydrogens (tertiary/aromatic N) is 3. The second-order valence-corrected chi connectivity index (χ2v) is 8.69. The lowest BCUT2D eigenvalue weighted by Crippen LogP contribution is -2.36.